The minimum atomic E-state index is -2.54. The average molecular weight is 362 g/mol. The number of aromatic nitrogens is 2. The monoisotopic (exact) mass is 362 g/mol. The predicted molar refractivity (Wildman–Crippen MR) is 88.8 cm³/mol. The van der Waals surface area contributed by atoms with E-state index in [-0.39, 0.29) is 11.1 Å². The van der Waals surface area contributed by atoms with E-state index in [2.05, 4.69) is 4.98 Å². The largest absolute Gasteiger partial charge is 0.394 e. The Morgan fingerprint density at radius 2 is 1.96 bits per heavy atom. The molecular formula is C17H18N2O7. The predicted octanol–water partition coefficient (Wildman–Crippen LogP) is -1.29. The van der Waals surface area contributed by atoms with Crippen LogP contribution in [0.5, 0.6) is 0 Å². The van der Waals surface area contributed by atoms with Crippen LogP contribution in [-0.4, -0.2) is 55.1 Å². The summed E-state index contributed by atoms with van der Waals surface area (Å²) < 4.78 is 6.24. The third kappa shape index (κ3) is 2.71. The fourth-order valence-electron chi connectivity index (χ4n) is 3.02. The van der Waals surface area contributed by atoms with Crippen LogP contribution < -0.4 is 11.2 Å². The lowest BCUT2D eigenvalue weighted by Gasteiger charge is -2.30. The molecule has 0 unspecified atom stereocenters. The van der Waals surface area contributed by atoms with Crippen LogP contribution in [0, 0.1) is 6.92 Å². The number of carbonyl (C=O) groups is 1. The molecule has 26 heavy (non-hydrogen) atoms. The Morgan fingerprint density at radius 1 is 1.31 bits per heavy atom. The molecule has 0 spiro atoms. The molecule has 1 aliphatic rings. The van der Waals surface area contributed by atoms with E-state index in [0.717, 1.165) is 10.8 Å². The Bertz CT molecular complexity index is 936. The quantitative estimate of drug-likeness (QED) is 0.496. The van der Waals surface area contributed by atoms with Gasteiger partial charge in [-0.25, -0.2) is 4.79 Å². The van der Waals surface area contributed by atoms with E-state index < -0.39 is 47.7 Å². The molecular weight excluding hydrogens is 344 g/mol. The van der Waals surface area contributed by atoms with Gasteiger partial charge >= 0.3 is 5.69 Å². The van der Waals surface area contributed by atoms with Crippen LogP contribution in [0.3, 0.4) is 0 Å². The summed E-state index contributed by atoms with van der Waals surface area (Å²) in [5.74, 6) is -0.873. The van der Waals surface area contributed by atoms with Crippen molar-refractivity contribution in [3.63, 3.8) is 0 Å². The first-order valence-corrected chi connectivity index (χ1v) is 7.89. The van der Waals surface area contributed by atoms with Crippen molar-refractivity contribution in [2.24, 2.45) is 0 Å². The van der Waals surface area contributed by atoms with Crippen LogP contribution in [0.25, 0.3) is 0 Å². The lowest BCUT2D eigenvalue weighted by Crippen LogP contribution is -2.55. The zero-order valence-electron chi connectivity index (χ0n) is 13.8. The van der Waals surface area contributed by atoms with Crippen molar-refractivity contribution < 1.29 is 24.9 Å². The van der Waals surface area contributed by atoms with Crippen LogP contribution in [0.2, 0.25) is 0 Å². The molecule has 0 aliphatic carbocycles. The summed E-state index contributed by atoms with van der Waals surface area (Å²) in [6.07, 6.45) is -3.59. The lowest BCUT2D eigenvalue weighted by atomic mass is 9.85. The van der Waals surface area contributed by atoms with Gasteiger partial charge in [0.1, 0.15) is 12.2 Å². The van der Waals surface area contributed by atoms with Crippen LogP contribution in [0.15, 0.2) is 46.1 Å². The second-order valence-electron chi connectivity index (χ2n) is 6.15. The number of Topliss-reactive ketones (excluding diaryl/α,β-unsaturated/α-hetero) is 1. The number of ketones is 1. The van der Waals surface area contributed by atoms with E-state index in [4.69, 9.17) is 4.74 Å². The van der Waals surface area contributed by atoms with Gasteiger partial charge in [0.15, 0.2) is 6.23 Å². The van der Waals surface area contributed by atoms with Crippen molar-refractivity contribution in [1.29, 1.82) is 0 Å². The number of H-pyrrole nitrogens is 1. The Labute approximate surface area is 147 Å². The number of nitrogens with zero attached hydrogens (tertiary/aromatic N) is 1. The molecule has 1 saturated heterocycles. The fourth-order valence-corrected chi connectivity index (χ4v) is 3.02. The SMILES string of the molecule is Cc1cn([C@@H]2O[C@H](CO)[C@@H](O)[C@@]2(O)C(=O)c2ccccc2)c(=O)[nH]c1=O. The van der Waals surface area contributed by atoms with Crippen LogP contribution in [0.1, 0.15) is 22.1 Å². The van der Waals surface area contributed by atoms with Crippen molar-refractivity contribution >= 4 is 5.78 Å². The van der Waals surface area contributed by atoms with Gasteiger partial charge < -0.3 is 20.1 Å². The van der Waals surface area contributed by atoms with E-state index in [1.54, 1.807) is 18.2 Å². The average Bonchev–Trinajstić information content (AvgIpc) is 2.90. The van der Waals surface area contributed by atoms with Crippen LogP contribution >= 0.6 is 0 Å². The van der Waals surface area contributed by atoms with E-state index >= 15 is 0 Å². The molecule has 0 saturated carbocycles. The normalized spacial score (nSPS) is 28.2. The minimum Gasteiger partial charge on any atom is -0.394 e. The second-order valence-corrected chi connectivity index (χ2v) is 6.15. The first kappa shape index (κ1) is 18.2. The number of carbonyl (C=O) groups excluding carboxylic acids is 1. The molecule has 0 bridgehead atoms. The number of hydrogen-bond acceptors (Lipinski definition) is 7. The summed E-state index contributed by atoms with van der Waals surface area (Å²) in [6.45, 7) is 0.751. The number of hydrogen-bond donors (Lipinski definition) is 4. The maximum absolute atomic E-state index is 12.9. The van der Waals surface area contributed by atoms with Gasteiger partial charge in [-0.3, -0.25) is 19.1 Å². The molecule has 9 nitrogen and oxygen atoms in total. The van der Waals surface area contributed by atoms with E-state index in [1.165, 1.54) is 19.1 Å². The first-order valence-electron chi connectivity index (χ1n) is 7.89. The fraction of sp³-hybridized carbons (Fsp3) is 0.353. The number of aromatic amines is 1. The molecule has 0 radical (unpaired) electrons. The van der Waals surface area contributed by atoms with Crippen molar-refractivity contribution in [2.75, 3.05) is 6.61 Å². The molecule has 138 valence electrons. The molecule has 3 rings (SSSR count). The molecule has 1 aromatic carbocycles. The summed E-state index contributed by atoms with van der Waals surface area (Å²) >= 11 is 0. The molecule has 9 heteroatoms. The molecule has 1 aliphatic heterocycles. The molecule has 0 amide bonds. The van der Waals surface area contributed by atoms with Crippen molar-refractivity contribution in [2.45, 2.75) is 31.0 Å². The van der Waals surface area contributed by atoms with Crippen molar-refractivity contribution in [3.8, 4) is 0 Å². The number of aryl methyl sites for hydroxylation is 1. The van der Waals surface area contributed by atoms with E-state index in [0.29, 0.717) is 0 Å². The number of aliphatic hydroxyl groups excluding tert-OH is 2. The number of nitrogens with one attached hydrogen (secondary N) is 1. The summed E-state index contributed by atoms with van der Waals surface area (Å²) in [5.41, 5.74) is -3.85. The molecule has 2 aromatic rings. The maximum Gasteiger partial charge on any atom is 0.330 e. The van der Waals surface area contributed by atoms with E-state index in [9.17, 15) is 29.7 Å². The van der Waals surface area contributed by atoms with Gasteiger partial charge in [-0.2, -0.15) is 0 Å². The van der Waals surface area contributed by atoms with Crippen LogP contribution in [-0.2, 0) is 4.74 Å². The first-order chi connectivity index (χ1) is 12.3. The minimum absolute atomic E-state index is 0.0930. The maximum atomic E-state index is 12.9. The topological polar surface area (TPSA) is 142 Å². The highest BCUT2D eigenvalue weighted by molar-refractivity contribution is 6.03. The number of aliphatic hydroxyl groups is 3. The molecule has 2 heterocycles. The number of ether oxygens (including phenoxy) is 1. The highest BCUT2D eigenvalue weighted by atomic mass is 16.6. The van der Waals surface area contributed by atoms with Crippen LogP contribution in [0.4, 0.5) is 0 Å². The van der Waals surface area contributed by atoms with Gasteiger partial charge in [-0.1, -0.05) is 30.3 Å². The Balaban J connectivity index is 2.17. The smallest absolute Gasteiger partial charge is 0.330 e. The number of benzene rings is 1. The van der Waals surface area contributed by atoms with Crippen molar-refractivity contribution in [1.82, 2.24) is 9.55 Å². The standard InChI is InChI=1S/C17H18N2O7/c1-9-7-19(16(24)18-14(9)23)15-17(25,13(22)11(8-20)26-15)12(21)10-5-3-2-4-6-10/h2-7,11,13,15,20,22,25H,8H2,1H3,(H,18,23,24)/t11-,13-,15-,17+/m1/s1. The summed E-state index contributed by atoms with van der Waals surface area (Å²) in [7, 11) is 0. The van der Waals surface area contributed by atoms with Gasteiger partial charge in [0.05, 0.1) is 6.61 Å². The Kier molecular flexibility index (Phi) is 4.63. The van der Waals surface area contributed by atoms with Gasteiger partial charge in [-0.15, -0.1) is 0 Å². The van der Waals surface area contributed by atoms with Crippen molar-refractivity contribution in [3.05, 3.63) is 68.5 Å². The number of rotatable bonds is 4. The molecule has 1 aromatic heterocycles. The molecule has 4 atom stereocenters. The summed E-state index contributed by atoms with van der Waals surface area (Å²) in [6, 6.07) is 7.71. The third-order valence-electron chi connectivity index (χ3n) is 4.46. The van der Waals surface area contributed by atoms with Gasteiger partial charge in [0.25, 0.3) is 5.56 Å². The molecule has 4 N–H and O–H groups in total. The highest BCUT2D eigenvalue weighted by Gasteiger charge is 2.61. The lowest BCUT2D eigenvalue weighted by molar-refractivity contribution is -0.0860. The third-order valence-corrected chi connectivity index (χ3v) is 4.46. The van der Waals surface area contributed by atoms with Gasteiger partial charge in [0, 0.05) is 17.3 Å². The highest BCUT2D eigenvalue weighted by Crippen LogP contribution is 2.40. The zero-order chi connectivity index (χ0) is 19.1. The molecule has 1 fully saturated rings. The summed E-state index contributed by atoms with van der Waals surface area (Å²) in [4.78, 5) is 38.8. The van der Waals surface area contributed by atoms with E-state index in [1.807, 2.05) is 0 Å². The zero-order valence-corrected chi connectivity index (χ0v) is 13.8. The van der Waals surface area contributed by atoms with Gasteiger partial charge in [-0.05, 0) is 6.92 Å². The van der Waals surface area contributed by atoms with Gasteiger partial charge in [0.2, 0.25) is 11.4 Å². The Hall–Kier alpha value is -2.59. The Morgan fingerprint density at radius 3 is 2.58 bits per heavy atom. The second kappa shape index (κ2) is 6.61. The summed E-state index contributed by atoms with van der Waals surface area (Å²) in [5, 5.41) is 30.9.